The Hall–Kier alpha value is -0.910. The summed E-state index contributed by atoms with van der Waals surface area (Å²) in [4.78, 5) is 0.241. The number of sulfonamides is 1. The van der Waals surface area contributed by atoms with Gasteiger partial charge in [0.15, 0.2) is 0 Å². The Morgan fingerprint density at radius 3 is 2.58 bits per heavy atom. The lowest BCUT2D eigenvalue weighted by molar-refractivity contribution is 0.199. The van der Waals surface area contributed by atoms with Crippen LogP contribution in [0.1, 0.15) is 44.8 Å². The summed E-state index contributed by atoms with van der Waals surface area (Å²) in [5, 5.41) is 9.52. The van der Waals surface area contributed by atoms with E-state index in [-0.39, 0.29) is 4.90 Å². The van der Waals surface area contributed by atoms with Crippen LogP contribution in [-0.4, -0.2) is 31.4 Å². The maximum absolute atomic E-state index is 12.3. The van der Waals surface area contributed by atoms with Crippen molar-refractivity contribution in [3.05, 3.63) is 29.8 Å². The predicted molar refractivity (Wildman–Crippen MR) is 76.4 cm³/mol. The van der Waals surface area contributed by atoms with Crippen LogP contribution in [-0.2, 0) is 10.0 Å². The van der Waals surface area contributed by atoms with Crippen molar-refractivity contribution in [2.75, 3.05) is 13.6 Å². The standard InChI is InChI=1S/C14H23NO3S/c1-4-5-6-10-15(3)19(17,18)14-9-7-8-13(11-14)12(2)16/h7-9,11-12,16H,4-6,10H2,1-3H3. The van der Waals surface area contributed by atoms with Gasteiger partial charge in [-0.3, -0.25) is 0 Å². The first kappa shape index (κ1) is 16.1. The van der Waals surface area contributed by atoms with Crippen LogP contribution in [0.2, 0.25) is 0 Å². The number of unbranched alkanes of at least 4 members (excludes halogenated alkanes) is 2. The van der Waals surface area contributed by atoms with Crippen molar-refractivity contribution in [2.24, 2.45) is 0 Å². The van der Waals surface area contributed by atoms with Crippen LogP contribution in [0.25, 0.3) is 0 Å². The van der Waals surface area contributed by atoms with Gasteiger partial charge in [0.2, 0.25) is 10.0 Å². The number of hydrogen-bond donors (Lipinski definition) is 1. The highest BCUT2D eigenvalue weighted by atomic mass is 32.2. The summed E-state index contributed by atoms with van der Waals surface area (Å²) in [5.74, 6) is 0. The van der Waals surface area contributed by atoms with E-state index in [1.807, 2.05) is 0 Å². The number of aliphatic hydroxyl groups is 1. The minimum Gasteiger partial charge on any atom is -0.389 e. The molecule has 0 amide bonds. The Morgan fingerprint density at radius 1 is 1.32 bits per heavy atom. The molecule has 0 bridgehead atoms. The van der Waals surface area contributed by atoms with Gasteiger partial charge >= 0.3 is 0 Å². The number of aliphatic hydroxyl groups excluding tert-OH is 1. The van der Waals surface area contributed by atoms with E-state index in [2.05, 4.69) is 6.92 Å². The second-order valence-electron chi connectivity index (χ2n) is 4.78. The third-order valence-electron chi connectivity index (χ3n) is 3.13. The van der Waals surface area contributed by atoms with Crippen molar-refractivity contribution in [2.45, 2.75) is 44.1 Å². The molecule has 1 rings (SSSR count). The Kier molecular flexibility index (Phi) is 5.97. The van der Waals surface area contributed by atoms with Gasteiger partial charge < -0.3 is 5.11 Å². The maximum Gasteiger partial charge on any atom is 0.242 e. The summed E-state index contributed by atoms with van der Waals surface area (Å²) in [6, 6.07) is 6.49. The third-order valence-corrected chi connectivity index (χ3v) is 4.98. The van der Waals surface area contributed by atoms with E-state index >= 15 is 0 Å². The molecule has 1 aromatic rings. The lowest BCUT2D eigenvalue weighted by Gasteiger charge is -2.17. The molecule has 108 valence electrons. The van der Waals surface area contributed by atoms with E-state index in [9.17, 15) is 13.5 Å². The fraction of sp³-hybridized carbons (Fsp3) is 0.571. The van der Waals surface area contributed by atoms with Crippen LogP contribution in [0.15, 0.2) is 29.2 Å². The third kappa shape index (κ3) is 4.30. The van der Waals surface area contributed by atoms with Gasteiger partial charge in [0, 0.05) is 13.6 Å². The van der Waals surface area contributed by atoms with Gasteiger partial charge in [0.05, 0.1) is 11.0 Å². The van der Waals surface area contributed by atoms with E-state index in [4.69, 9.17) is 0 Å². The molecule has 1 aromatic carbocycles. The van der Waals surface area contributed by atoms with Crippen LogP contribution in [0.3, 0.4) is 0 Å². The summed E-state index contributed by atoms with van der Waals surface area (Å²) in [7, 11) is -1.86. The summed E-state index contributed by atoms with van der Waals surface area (Å²) >= 11 is 0. The van der Waals surface area contributed by atoms with Gasteiger partial charge in [0.25, 0.3) is 0 Å². The molecule has 19 heavy (non-hydrogen) atoms. The highest BCUT2D eigenvalue weighted by Crippen LogP contribution is 2.20. The number of nitrogens with zero attached hydrogens (tertiary/aromatic N) is 1. The Bertz CT molecular complexity index is 497. The summed E-state index contributed by atoms with van der Waals surface area (Å²) < 4.78 is 26.1. The maximum atomic E-state index is 12.3. The first-order valence-corrected chi connectivity index (χ1v) is 8.08. The second kappa shape index (κ2) is 7.03. The smallest absolute Gasteiger partial charge is 0.242 e. The Labute approximate surface area is 116 Å². The van der Waals surface area contributed by atoms with Gasteiger partial charge in [-0.1, -0.05) is 31.9 Å². The van der Waals surface area contributed by atoms with Gasteiger partial charge in [-0.25, -0.2) is 12.7 Å². The Morgan fingerprint density at radius 2 is 2.00 bits per heavy atom. The molecule has 0 aliphatic rings. The van der Waals surface area contributed by atoms with Crippen LogP contribution >= 0.6 is 0 Å². The van der Waals surface area contributed by atoms with Gasteiger partial charge in [-0.15, -0.1) is 0 Å². The van der Waals surface area contributed by atoms with Crippen molar-refractivity contribution in [3.8, 4) is 0 Å². The highest BCUT2D eigenvalue weighted by molar-refractivity contribution is 7.89. The van der Waals surface area contributed by atoms with Crippen molar-refractivity contribution in [1.82, 2.24) is 4.31 Å². The first-order chi connectivity index (χ1) is 8.89. The summed E-state index contributed by atoms with van der Waals surface area (Å²) in [5.41, 5.74) is 0.614. The fourth-order valence-electron chi connectivity index (χ4n) is 1.82. The summed E-state index contributed by atoms with van der Waals surface area (Å²) in [6.45, 7) is 4.23. The molecule has 0 saturated carbocycles. The van der Waals surface area contributed by atoms with Gasteiger partial charge in [-0.2, -0.15) is 0 Å². The molecule has 4 nitrogen and oxygen atoms in total. The number of hydrogen-bond acceptors (Lipinski definition) is 3. The minimum atomic E-state index is -3.45. The van der Waals surface area contributed by atoms with E-state index in [0.29, 0.717) is 12.1 Å². The van der Waals surface area contributed by atoms with E-state index in [1.165, 1.54) is 10.4 Å². The minimum absolute atomic E-state index is 0.241. The lowest BCUT2D eigenvalue weighted by atomic mass is 10.1. The zero-order valence-corrected chi connectivity index (χ0v) is 12.7. The molecule has 0 aromatic heterocycles. The topological polar surface area (TPSA) is 57.6 Å². The van der Waals surface area contributed by atoms with Crippen molar-refractivity contribution in [3.63, 3.8) is 0 Å². The Balaban J connectivity index is 2.90. The fourth-order valence-corrected chi connectivity index (χ4v) is 3.08. The first-order valence-electron chi connectivity index (χ1n) is 6.64. The molecule has 0 radical (unpaired) electrons. The second-order valence-corrected chi connectivity index (χ2v) is 6.83. The van der Waals surface area contributed by atoms with Crippen LogP contribution in [0.5, 0.6) is 0 Å². The van der Waals surface area contributed by atoms with E-state index in [0.717, 1.165) is 19.3 Å². The monoisotopic (exact) mass is 285 g/mol. The molecular formula is C14H23NO3S. The van der Waals surface area contributed by atoms with Gasteiger partial charge in [-0.05, 0) is 31.0 Å². The molecule has 0 spiro atoms. The predicted octanol–water partition coefficient (Wildman–Crippen LogP) is 2.55. The number of benzene rings is 1. The average Bonchev–Trinajstić information content (AvgIpc) is 2.39. The average molecular weight is 285 g/mol. The van der Waals surface area contributed by atoms with E-state index < -0.39 is 16.1 Å². The SMILES string of the molecule is CCCCCN(C)S(=O)(=O)c1cccc(C(C)O)c1. The van der Waals surface area contributed by atoms with Crippen LogP contribution < -0.4 is 0 Å². The number of rotatable bonds is 7. The van der Waals surface area contributed by atoms with Gasteiger partial charge in [0.1, 0.15) is 0 Å². The highest BCUT2D eigenvalue weighted by Gasteiger charge is 2.20. The quantitative estimate of drug-likeness (QED) is 0.783. The van der Waals surface area contributed by atoms with Crippen molar-refractivity contribution < 1.29 is 13.5 Å². The van der Waals surface area contributed by atoms with Crippen molar-refractivity contribution >= 4 is 10.0 Å². The molecule has 0 aliphatic heterocycles. The molecule has 0 fully saturated rings. The van der Waals surface area contributed by atoms with E-state index in [1.54, 1.807) is 32.2 Å². The molecule has 0 aliphatic carbocycles. The molecule has 0 heterocycles. The largest absolute Gasteiger partial charge is 0.389 e. The molecular weight excluding hydrogens is 262 g/mol. The molecule has 1 unspecified atom stereocenters. The molecule has 1 atom stereocenters. The molecule has 0 saturated heterocycles. The normalized spacial score (nSPS) is 13.7. The molecule has 5 heteroatoms. The van der Waals surface area contributed by atoms with Crippen molar-refractivity contribution in [1.29, 1.82) is 0 Å². The zero-order chi connectivity index (χ0) is 14.5. The lowest BCUT2D eigenvalue weighted by Crippen LogP contribution is -2.28. The molecule has 1 N–H and O–H groups in total. The van der Waals surface area contributed by atoms with Crippen LogP contribution in [0.4, 0.5) is 0 Å². The zero-order valence-electron chi connectivity index (χ0n) is 11.8. The summed E-state index contributed by atoms with van der Waals surface area (Å²) in [6.07, 6.45) is 2.28. The van der Waals surface area contributed by atoms with Crippen LogP contribution in [0, 0.1) is 0 Å².